The zero-order valence-electron chi connectivity index (χ0n) is 9.29. The predicted molar refractivity (Wildman–Crippen MR) is 63.9 cm³/mol. The van der Waals surface area contributed by atoms with Crippen molar-refractivity contribution in [3.63, 3.8) is 0 Å². The second-order valence-electron chi connectivity index (χ2n) is 3.46. The number of hydrogen-bond donors (Lipinski definition) is 1. The molecule has 98 valence electrons. The second-order valence-corrected chi connectivity index (χ2v) is 5.96. The van der Waals surface area contributed by atoms with Gasteiger partial charge in [-0.1, -0.05) is 12.2 Å². The van der Waals surface area contributed by atoms with Crippen LogP contribution in [0.1, 0.15) is 0 Å². The highest BCUT2D eigenvalue weighted by Gasteiger charge is 2.33. The summed E-state index contributed by atoms with van der Waals surface area (Å²) in [6.07, 6.45) is -0.894. The molecule has 0 aromatic carbocycles. The van der Waals surface area contributed by atoms with Gasteiger partial charge in [-0.25, -0.2) is 13.2 Å². The number of nitrogens with two attached hydrogens (primary N) is 1. The molecule has 1 saturated heterocycles. The number of hydrogen-bond acceptors (Lipinski definition) is 6. The summed E-state index contributed by atoms with van der Waals surface area (Å²) < 4.78 is 34.4. The van der Waals surface area contributed by atoms with Gasteiger partial charge < -0.3 is 15.2 Å². The maximum Gasteiger partial charge on any atom is 0.336 e. The summed E-state index contributed by atoms with van der Waals surface area (Å²) in [6, 6.07) is 0. The molecule has 1 heterocycles. The molecule has 2 N–H and O–H groups in total. The third-order valence-corrected chi connectivity index (χ3v) is 4.33. The van der Waals surface area contributed by atoms with Crippen LogP contribution in [0.25, 0.3) is 0 Å². The van der Waals surface area contributed by atoms with E-state index in [1.54, 1.807) is 0 Å². The Hall–Kier alpha value is -0.770. The third kappa shape index (κ3) is 3.87. The number of rotatable bonds is 4. The van der Waals surface area contributed by atoms with Crippen LogP contribution in [-0.4, -0.2) is 62.3 Å². The maximum absolute atomic E-state index is 11.8. The van der Waals surface area contributed by atoms with Crippen LogP contribution in [0.15, 0.2) is 0 Å². The molecule has 0 spiro atoms. The average molecular weight is 282 g/mol. The minimum atomic E-state index is -3.58. The van der Waals surface area contributed by atoms with E-state index >= 15 is 0 Å². The lowest BCUT2D eigenvalue weighted by molar-refractivity contribution is -0.157. The first kappa shape index (κ1) is 14.3. The number of esters is 1. The van der Waals surface area contributed by atoms with E-state index in [0.717, 1.165) is 4.31 Å². The van der Waals surface area contributed by atoms with Gasteiger partial charge in [-0.05, 0) is 0 Å². The van der Waals surface area contributed by atoms with Crippen molar-refractivity contribution in [1.82, 2.24) is 4.31 Å². The summed E-state index contributed by atoms with van der Waals surface area (Å²) in [6.45, 7) is 0.242. The van der Waals surface area contributed by atoms with Crippen LogP contribution in [-0.2, 0) is 24.3 Å². The second kappa shape index (κ2) is 5.71. The Labute approximate surface area is 105 Å². The summed E-state index contributed by atoms with van der Waals surface area (Å²) >= 11 is 4.57. The van der Waals surface area contributed by atoms with E-state index in [4.69, 9.17) is 10.5 Å². The molecule has 1 fully saturated rings. The number of ether oxygens (including phenoxy) is 2. The highest BCUT2D eigenvalue weighted by molar-refractivity contribution is 7.92. The van der Waals surface area contributed by atoms with Gasteiger partial charge in [-0.3, -0.25) is 0 Å². The SMILES string of the molecule is COC(=O)C1CN(S(=O)(=O)CC(N)=S)CCO1. The van der Waals surface area contributed by atoms with E-state index in [0.29, 0.717) is 0 Å². The fourth-order valence-electron chi connectivity index (χ4n) is 1.42. The van der Waals surface area contributed by atoms with Crippen molar-refractivity contribution in [1.29, 1.82) is 0 Å². The van der Waals surface area contributed by atoms with Crippen molar-refractivity contribution in [2.45, 2.75) is 6.10 Å². The van der Waals surface area contributed by atoms with Crippen molar-refractivity contribution in [3.8, 4) is 0 Å². The standard InChI is InChI=1S/C8H14N2O5S2/c1-14-8(11)6-4-10(2-3-15-6)17(12,13)5-7(9)16/h6H,2-5H2,1H3,(H2,9,16). The summed E-state index contributed by atoms with van der Waals surface area (Å²) in [4.78, 5) is 11.1. The molecule has 1 rings (SSSR count). The van der Waals surface area contributed by atoms with E-state index in [1.807, 2.05) is 0 Å². The Morgan fingerprint density at radius 3 is 2.82 bits per heavy atom. The molecule has 0 aliphatic carbocycles. The summed E-state index contributed by atoms with van der Waals surface area (Å²) in [5, 5.41) is 0. The first-order valence-electron chi connectivity index (χ1n) is 4.82. The Kier molecular flexibility index (Phi) is 4.80. The van der Waals surface area contributed by atoms with E-state index < -0.39 is 27.8 Å². The molecular weight excluding hydrogens is 268 g/mol. The summed E-state index contributed by atoms with van der Waals surface area (Å²) in [5.74, 6) is -1.00. The zero-order chi connectivity index (χ0) is 13.1. The minimum absolute atomic E-state index is 0.0718. The van der Waals surface area contributed by atoms with E-state index in [9.17, 15) is 13.2 Å². The molecule has 0 radical (unpaired) electrons. The van der Waals surface area contributed by atoms with Crippen LogP contribution in [0.4, 0.5) is 0 Å². The van der Waals surface area contributed by atoms with Crippen LogP contribution in [0.2, 0.25) is 0 Å². The highest BCUT2D eigenvalue weighted by atomic mass is 32.2. The fourth-order valence-corrected chi connectivity index (χ4v) is 3.13. The Morgan fingerprint density at radius 1 is 1.65 bits per heavy atom. The molecule has 0 aromatic rings. The zero-order valence-corrected chi connectivity index (χ0v) is 10.9. The lowest BCUT2D eigenvalue weighted by Crippen LogP contribution is -2.50. The topological polar surface area (TPSA) is 98.9 Å². The van der Waals surface area contributed by atoms with Gasteiger partial charge in [0.2, 0.25) is 10.0 Å². The van der Waals surface area contributed by atoms with Gasteiger partial charge in [0.05, 0.1) is 25.2 Å². The van der Waals surface area contributed by atoms with Crippen molar-refractivity contribution < 1.29 is 22.7 Å². The van der Waals surface area contributed by atoms with E-state index in [2.05, 4.69) is 17.0 Å². The number of carbonyl (C=O) groups excluding carboxylic acids is 1. The number of thiocarbonyl (C=S) groups is 1. The minimum Gasteiger partial charge on any atom is -0.467 e. The molecule has 1 aliphatic rings. The lowest BCUT2D eigenvalue weighted by Gasteiger charge is -2.30. The lowest BCUT2D eigenvalue weighted by atomic mass is 10.3. The molecule has 1 unspecified atom stereocenters. The predicted octanol–water partition coefficient (Wildman–Crippen LogP) is -1.52. The van der Waals surface area contributed by atoms with E-state index in [1.165, 1.54) is 7.11 Å². The van der Waals surface area contributed by atoms with Gasteiger partial charge in [0.25, 0.3) is 0 Å². The smallest absolute Gasteiger partial charge is 0.336 e. The molecule has 0 aromatic heterocycles. The van der Waals surface area contributed by atoms with Crippen molar-refractivity contribution in [2.75, 3.05) is 32.6 Å². The maximum atomic E-state index is 11.8. The monoisotopic (exact) mass is 282 g/mol. The molecule has 0 bridgehead atoms. The van der Waals surface area contributed by atoms with Crippen molar-refractivity contribution in [3.05, 3.63) is 0 Å². The van der Waals surface area contributed by atoms with Crippen LogP contribution in [0.3, 0.4) is 0 Å². The van der Waals surface area contributed by atoms with Crippen LogP contribution < -0.4 is 5.73 Å². The van der Waals surface area contributed by atoms with E-state index in [-0.39, 0.29) is 24.7 Å². The normalized spacial score (nSPS) is 22.1. The first-order chi connectivity index (χ1) is 7.86. The number of sulfonamides is 1. The average Bonchev–Trinajstić information content (AvgIpc) is 2.26. The van der Waals surface area contributed by atoms with Crippen molar-refractivity contribution in [2.24, 2.45) is 5.73 Å². The molecule has 1 aliphatic heterocycles. The first-order valence-corrected chi connectivity index (χ1v) is 6.84. The van der Waals surface area contributed by atoms with Crippen LogP contribution >= 0.6 is 12.2 Å². The molecule has 0 amide bonds. The van der Waals surface area contributed by atoms with Gasteiger partial charge >= 0.3 is 5.97 Å². The van der Waals surface area contributed by atoms with Crippen molar-refractivity contribution >= 4 is 33.2 Å². The number of carbonyl (C=O) groups is 1. The van der Waals surface area contributed by atoms with Gasteiger partial charge in [0.1, 0.15) is 5.75 Å². The molecule has 0 saturated carbocycles. The molecule has 7 nitrogen and oxygen atoms in total. The fraction of sp³-hybridized carbons (Fsp3) is 0.750. The summed E-state index contributed by atoms with van der Waals surface area (Å²) in [7, 11) is -2.36. The summed E-state index contributed by atoms with van der Waals surface area (Å²) in [5.41, 5.74) is 5.21. The quantitative estimate of drug-likeness (QED) is 0.493. The largest absolute Gasteiger partial charge is 0.467 e. The molecule has 9 heteroatoms. The Morgan fingerprint density at radius 2 is 2.29 bits per heavy atom. The number of nitrogens with zero attached hydrogens (tertiary/aromatic N) is 1. The molecule has 1 atom stereocenters. The van der Waals surface area contributed by atoms with Gasteiger partial charge in [-0.15, -0.1) is 0 Å². The highest BCUT2D eigenvalue weighted by Crippen LogP contribution is 2.11. The van der Waals surface area contributed by atoms with Gasteiger partial charge in [0.15, 0.2) is 6.10 Å². The van der Waals surface area contributed by atoms with Gasteiger partial charge in [-0.2, -0.15) is 4.31 Å². The Bertz CT molecular complexity index is 408. The number of methoxy groups -OCH3 is 1. The van der Waals surface area contributed by atoms with Gasteiger partial charge in [0, 0.05) is 6.54 Å². The molecular formula is C8H14N2O5S2. The molecule has 17 heavy (non-hydrogen) atoms. The van der Waals surface area contributed by atoms with Crippen LogP contribution in [0.5, 0.6) is 0 Å². The van der Waals surface area contributed by atoms with Crippen LogP contribution in [0, 0.1) is 0 Å². The third-order valence-electron chi connectivity index (χ3n) is 2.21. The number of morpholine rings is 1. The Balaban J connectivity index is 2.72.